The predicted octanol–water partition coefficient (Wildman–Crippen LogP) is 5.42. The molecule has 2 heterocycles. The molecule has 0 spiro atoms. The number of Topliss-reactive ketones (excluding diaryl/α,β-unsaturated/α-hetero) is 1. The Hall–Kier alpha value is -3.14. The summed E-state index contributed by atoms with van der Waals surface area (Å²) in [5.74, 6) is 1.22. The van der Waals surface area contributed by atoms with Crippen molar-refractivity contribution in [3.63, 3.8) is 0 Å². The topological polar surface area (TPSA) is 55.7 Å². The molecule has 0 fully saturated rings. The number of furan rings is 2. The molecule has 0 amide bonds. The molecule has 0 bridgehead atoms. The van der Waals surface area contributed by atoms with Crippen LogP contribution < -0.4 is 0 Å². The summed E-state index contributed by atoms with van der Waals surface area (Å²) in [4.78, 5) is 17.3. The van der Waals surface area contributed by atoms with E-state index in [0.29, 0.717) is 6.42 Å². The predicted molar refractivity (Wildman–Crippen MR) is 100 cm³/mol. The van der Waals surface area contributed by atoms with Gasteiger partial charge in [0.25, 0.3) is 0 Å². The molecular formula is C22H19NO3. The number of hydrogen-bond donors (Lipinski definition) is 0. The Morgan fingerprint density at radius 3 is 2.42 bits per heavy atom. The molecule has 2 unspecified atom stereocenters. The molecule has 1 aliphatic rings. The van der Waals surface area contributed by atoms with E-state index < -0.39 is 0 Å². The maximum Gasteiger partial charge on any atom is 0.139 e. The highest BCUT2D eigenvalue weighted by Gasteiger charge is 2.37. The van der Waals surface area contributed by atoms with Crippen LogP contribution in [0, 0.1) is 5.92 Å². The highest BCUT2D eigenvalue weighted by atomic mass is 16.3. The molecule has 3 aromatic rings. The quantitative estimate of drug-likeness (QED) is 0.634. The summed E-state index contributed by atoms with van der Waals surface area (Å²) in [5, 5.41) is 0. The van der Waals surface area contributed by atoms with Crippen molar-refractivity contribution in [2.24, 2.45) is 10.9 Å². The van der Waals surface area contributed by atoms with Crippen LogP contribution in [0.2, 0.25) is 0 Å². The first kappa shape index (κ1) is 16.3. The largest absolute Gasteiger partial charge is 0.469 e. The molecule has 1 aromatic carbocycles. The molecule has 0 N–H and O–H groups in total. The summed E-state index contributed by atoms with van der Waals surface area (Å²) < 4.78 is 11.2. The van der Waals surface area contributed by atoms with Crippen molar-refractivity contribution >= 4 is 22.8 Å². The number of nitrogens with zero attached hydrogens (tertiary/aromatic N) is 1. The van der Waals surface area contributed by atoms with Crippen LogP contribution in [0.5, 0.6) is 0 Å². The molecule has 0 radical (unpaired) electrons. The first-order valence-electron chi connectivity index (χ1n) is 8.64. The number of aliphatic imine (C=N–C) groups is 1. The number of para-hydroxylation sites is 1. The number of hydrogen-bond acceptors (Lipinski definition) is 4. The Bertz CT molecular complexity index is 935. The van der Waals surface area contributed by atoms with Gasteiger partial charge >= 0.3 is 0 Å². The first-order valence-corrected chi connectivity index (χ1v) is 8.64. The van der Waals surface area contributed by atoms with Gasteiger partial charge in [-0.1, -0.05) is 18.2 Å². The maximum atomic E-state index is 12.5. The van der Waals surface area contributed by atoms with Crippen LogP contribution in [0.4, 0.5) is 5.69 Å². The Labute approximate surface area is 151 Å². The second-order valence-corrected chi connectivity index (χ2v) is 6.43. The lowest BCUT2D eigenvalue weighted by Gasteiger charge is -2.29. The monoisotopic (exact) mass is 345 g/mol. The fourth-order valence-corrected chi connectivity index (χ4v) is 3.53. The highest BCUT2D eigenvalue weighted by molar-refractivity contribution is 6.15. The van der Waals surface area contributed by atoms with Crippen molar-refractivity contribution in [2.45, 2.75) is 19.3 Å². The molecule has 0 aliphatic heterocycles. The van der Waals surface area contributed by atoms with Crippen LogP contribution >= 0.6 is 0 Å². The van der Waals surface area contributed by atoms with E-state index in [9.17, 15) is 4.79 Å². The first-order chi connectivity index (χ1) is 12.7. The standard InChI is InChI=1S/C22H19NO3/c1-15(24)22-18(21-10-6-12-26-21)13-16(20-9-5-11-25-20)14-19(22)23-17-7-3-2-4-8-17/h2-12,14,18,22H,13H2,1H3. The summed E-state index contributed by atoms with van der Waals surface area (Å²) in [7, 11) is 0. The van der Waals surface area contributed by atoms with E-state index in [4.69, 9.17) is 13.8 Å². The lowest BCUT2D eigenvalue weighted by Crippen LogP contribution is -2.31. The normalized spacial score (nSPS) is 21.6. The van der Waals surface area contributed by atoms with Gasteiger partial charge in [0, 0.05) is 5.92 Å². The van der Waals surface area contributed by atoms with Gasteiger partial charge in [-0.25, -0.2) is 0 Å². The molecule has 2 atom stereocenters. The van der Waals surface area contributed by atoms with E-state index in [-0.39, 0.29) is 17.6 Å². The SMILES string of the molecule is CC(=O)C1C(=Nc2ccccc2)C=C(c2ccco2)CC1c1ccco1. The van der Waals surface area contributed by atoms with Crippen LogP contribution in [0.25, 0.3) is 5.57 Å². The molecule has 26 heavy (non-hydrogen) atoms. The highest BCUT2D eigenvalue weighted by Crippen LogP contribution is 2.41. The van der Waals surface area contributed by atoms with Gasteiger partial charge in [-0.15, -0.1) is 0 Å². The minimum Gasteiger partial charge on any atom is -0.469 e. The minimum absolute atomic E-state index is 0.0795. The zero-order valence-corrected chi connectivity index (χ0v) is 14.5. The van der Waals surface area contributed by atoms with Gasteiger partial charge < -0.3 is 8.83 Å². The van der Waals surface area contributed by atoms with Gasteiger partial charge in [0.05, 0.1) is 29.8 Å². The van der Waals surface area contributed by atoms with E-state index in [2.05, 4.69) is 0 Å². The summed E-state index contributed by atoms with van der Waals surface area (Å²) >= 11 is 0. The fourth-order valence-electron chi connectivity index (χ4n) is 3.53. The molecule has 2 aromatic heterocycles. The Kier molecular flexibility index (Phi) is 4.40. The van der Waals surface area contributed by atoms with E-state index in [1.54, 1.807) is 19.5 Å². The minimum atomic E-state index is -0.347. The molecule has 4 heteroatoms. The van der Waals surface area contributed by atoms with E-state index in [0.717, 1.165) is 28.5 Å². The number of carbonyl (C=O) groups is 1. The van der Waals surface area contributed by atoms with E-state index in [1.807, 2.05) is 60.7 Å². The second-order valence-electron chi connectivity index (χ2n) is 6.43. The summed E-state index contributed by atoms with van der Waals surface area (Å²) in [6.45, 7) is 1.62. The summed E-state index contributed by atoms with van der Waals surface area (Å²) in [6.07, 6.45) is 5.95. The summed E-state index contributed by atoms with van der Waals surface area (Å²) in [5.41, 5.74) is 2.58. The van der Waals surface area contributed by atoms with Crippen LogP contribution in [0.15, 0.2) is 87.0 Å². The molecular weight excluding hydrogens is 326 g/mol. The third kappa shape index (κ3) is 3.18. The average molecular weight is 345 g/mol. The molecule has 4 nitrogen and oxygen atoms in total. The Morgan fingerprint density at radius 1 is 1.00 bits per heavy atom. The van der Waals surface area contributed by atoms with E-state index >= 15 is 0 Å². The molecule has 130 valence electrons. The molecule has 4 rings (SSSR count). The third-order valence-corrected chi connectivity index (χ3v) is 4.68. The van der Waals surface area contributed by atoms with Crippen molar-refractivity contribution in [1.29, 1.82) is 0 Å². The van der Waals surface area contributed by atoms with Gasteiger partial charge in [0.2, 0.25) is 0 Å². The van der Waals surface area contributed by atoms with Gasteiger partial charge in [0.15, 0.2) is 0 Å². The molecule has 1 aliphatic carbocycles. The number of carbonyl (C=O) groups excluding carboxylic acids is 1. The second kappa shape index (κ2) is 7.00. The zero-order valence-electron chi connectivity index (χ0n) is 14.5. The van der Waals surface area contributed by atoms with Gasteiger partial charge in [-0.2, -0.15) is 0 Å². The number of benzene rings is 1. The van der Waals surface area contributed by atoms with Gasteiger partial charge in [-0.3, -0.25) is 9.79 Å². The Morgan fingerprint density at radius 2 is 1.77 bits per heavy atom. The van der Waals surface area contributed by atoms with E-state index in [1.165, 1.54) is 0 Å². The smallest absolute Gasteiger partial charge is 0.139 e. The van der Waals surface area contributed by atoms with Crippen molar-refractivity contribution in [2.75, 3.05) is 0 Å². The van der Waals surface area contributed by atoms with Crippen molar-refractivity contribution < 1.29 is 13.6 Å². The third-order valence-electron chi connectivity index (χ3n) is 4.68. The average Bonchev–Trinajstić information content (AvgIpc) is 3.35. The Balaban J connectivity index is 1.85. The van der Waals surface area contributed by atoms with Crippen molar-refractivity contribution in [3.05, 3.63) is 84.7 Å². The van der Waals surface area contributed by atoms with Crippen molar-refractivity contribution in [3.8, 4) is 0 Å². The fraction of sp³-hybridized carbons (Fsp3) is 0.182. The van der Waals surface area contributed by atoms with Crippen LogP contribution in [-0.2, 0) is 4.79 Å². The maximum absolute atomic E-state index is 12.5. The van der Waals surface area contributed by atoms with Crippen LogP contribution in [0.1, 0.15) is 30.8 Å². The van der Waals surface area contributed by atoms with Gasteiger partial charge in [0.1, 0.15) is 17.3 Å². The van der Waals surface area contributed by atoms with Gasteiger partial charge in [-0.05, 0) is 61.4 Å². The summed E-state index contributed by atoms with van der Waals surface area (Å²) in [6, 6.07) is 17.3. The van der Waals surface area contributed by atoms with Crippen LogP contribution in [-0.4, -0.2) is 11.5 Å². The number of ketones is 1. The molecule has 0 saturated carbocycles. The lowest BCUT2D eigenvalue weighted by molar-refractivity contribution is -0.119. The molecule has 0 saturated heterocycles. The van der Waals surface area contributed by atoms with Crippen LogP contribution in [0.3, 0.4) is 0 Å². The number of allylic oxidation sites excluding steroid dienone is 2. The number of rotatable bonds is 4. The lowest BCUT2D eigenvalue weighted by atomic mass is 9.74. The van der Waals surface area contributed by atoms with Crippen molar-refractivity contribution in [1.82, 2.24) is 0 Å². The zero-order chi connectivity index (χ0) is 17.9.